The number of amides is 1. The summed E-state index contributed by atoms with van der Waals surface area (Å²) in [6.07, 6.45) is 2.50. The smallest absolute Gasteiger partial charge is 0.251 e. The molecule has 0 unspecified atom stereocenters. The number of rotatable bonds is 4. The average Bonchev–Trinajstić information content (AvgIpc) is 2.69. The van der Waals surface area contributed by atoms with E-state index in [1.54, 1.807) is 6.33 Å². The van der Waals surface area contributed by atoms with Gasteiger partial charge in [-0.25, -0.2) is 4.98 Å². The molecule has 0 saturated heterocycles. The Kier molecular flexibility index (Phi) is 3.57. The van der Waals surface area contributed by atoms with Gasteiger partial charge in [-0.3, -0.25) is 4.79 Å². The Bertz CT molecular complexity index is 596. The zero-order valence-electron chi connectivity index (χ0n) is 11.5. The first kappa shape index (κ1) is 13.5. The fraction of sp³-hybridized carbons (Fsp3) is 0.429. The molecule has 0 aliphatic rings. The Morgan fingerprint density at radius 2 is 2.21 bits per heavy atom. The fourth-order valence-electron chi connectivity index (χ4n) is 1.87. The number of imidazole rings is 1. The van der Waals surface area contributed by atoms with E-state index in [4.69, 9.17) is 0 Å². The van der Waals surface area contributed by atoms with Crippen LogP contribution in [0.15, 0.2) is 24.5 Å². The summed E-state index contributed by atoms with van der Waals surface area (Å²) in [6.45, 7) is 3.45. The van der Waals surface area contributed by atoms with Gasteiger partial charge in [0, 0.05) is 13.6 Å². The van der Waals surface area contributed by atoms with E-state index in [0.717, 1.165) is 16.6 Å². The standard InChI is InChI=1S/C14H19N3O2/c1-14(2,19)13(18)15-7-6-10-4-5-12-11(8-10)16-9-17(12)3/h4-5,8-9,19H,6-7H2,1-3H3,(H,15,18). The van der Waals surface area contributed by atoms with Crippen LogP contribution in [0, 0.1) is 0 Å². The summed E-state index contributed by atoms with van der Waals surface area (Å²) in [5.41, 5.74) is 1.82. The third-order valence-corrected chi connectivity index (χ3v) is 3.04. The Labute approximate surface area is 112 Å². The summed E-state index contributed by atoms with van der Waals surface area (Å²) in [4.78, 5) is 15.8. The molecule has 1 aromatic carbocycles. The number of benzene rings is 1. The second-order valence-electron chi connectivity index (χ2n) is 5.24. The van der Waals surface area contributed by atoms with Gasteiger partial charge in [-0.05, 0) is 38.0 Å². The van der Waals surface area contributed by atoms with Crippen molar-refractivity contribution in [1.29, 1.82) is 0 Å². The summed E-state index contributed by atoms with van der Waals surface area (Å²) < 4.78 is 1.97. The van der Waals surface area contributed by atoms with E-state index in [-0.39, 0.29) is 5.91 Å². The molecule has 0 spiro atoms. The van der Waals surface area contributed by atoms with E-state index in [0.29, 0.717) is 13.0 Å². The molecule has 0 fully saturated rings. The van der Waals surface area contributed by atoms with Crippen LogP contribution in [0.3, 0.4) is 0 Å². The molecule has 0 bridgehead atoms. The van der Waals surface area contributed by atoms with E-state index in [9.17, 15) is 9.90 Å². The van der Waals surface area contributed by atoms with Gasteiger partial charge >= 0.3 is 0 Å². The molecule has 1 aromatic heterocycles. The van der Waals surface area contributed by atoms with Gasteiger partial charge in [0.05, 0.1) is 17.4 Å². The molecule has 0 aliphatic heterocycles. The van der Waals surface area contributed by atoms with Gasteiger partial charge in [0.15, 0.2) is 0 Å². The number of hydrogen-bond acceptors (Lipinski definition) is 3. The van der Waals surface area contributed by atoms with Crippen LogP contribution in [0.25, 0.3) is 11.0 Å². The van der Waals surface area contributed by atoms with E-state index < -0.39 is 5.60 Å². The Hall–Kier alpha value is -1.88. The number of aromatic nitrogens is 2. The first-order chi connectivity index (χ1) is 8.88. The van der Waals surface area contributed by atoms with Crippen LogP contribution in [-0.2, 0) is 18.3 Å². The highest BCUT2D eigenvalue weighted by atomic mass is 16.3. The molecular formula is C14H19N3O2. The molecule has 2 rings (SSSR count). The predicted molar refractivity (Wildman–Crippen MR) is 73.7 cm³/mol. The molecular weight excluding hydrogens is 242 g/mol. The second-order valence-corrected chi connectivity index (χ2v) is 5.24. The van der Waals surface area contributed by atoms with Gasteiger partial charge in [-0.2, -0.15) is 0 Å². The lowest BCUT2D eigenvalue weighted by Gasteiger charge is -2.16. The number of aryl methyl sites for hydroxylation is 1. The highest BCUT2D eigenvalue weighted by Gasteiger charge is 2.22. The molecule has 5 heteroatoms. The van der Waals surface area contributed by atoms with Crippen molar-refractivity contribution in [2.45, 2.75) is 25.9 Å². The van der Waals surface area contributed by atoms with Crippen LogP contribution < -0.4 is 5.32 Å². The number of fused-ring (bicyclic) bond motifs is 1. The number of nitrogens with one attached hydrogen (secondary N) is 1. The number of carbonyl (C=O) groups excluding carboxylic acids is 1. The molecule has 1 heterocycles. The molecule has 19 heavy (non-hydrogen) atoms. The highest BCUT2D eigenvalue weighted by molar-refractivity contribution is 5.83. The quantitative estimate of drug-likeness (QED) is 0.863. The largest absolute Gasteiger partial charge is 0.381 e. The third-order valence-electron chi connectivity index (χ3n) is 3.04. The molecule has 0 saturated carbocycles. The van der Waals surface area contributed by atoms with Gasteiger partial charge in [-0.1, -0.05) is 6.07 Å². The summed E-state index contributed by atoms with van der Waals surface area (Å²) in [7, 11) is 1.96. The maximum absolute atomic E-state index is 11.5. The molecule has 0 radical (unpaired) electrons. The van der Waals surface area contributed by atoms with Crippen LogP contribution in [0.4, 0.5) is 0 Å². The normalized spacial score (nSPS) is 11.8. The lowest BCUT2D eigenvalue weighted by atomic mass is 10.1. The Morgan fingerprint density at radius 3 is 2.89 bits per heavy atom. The van der Waals surface area contributed by atoms with E-state index in [2.05, 4.69) is 10.3 Å². The molecule has 0 atom stereocenters. The molecule has 5 nitrogen and oxygen atoms in total. The molecule has 0 aliphatic carbocycles. The number of nitrogens with zero attached hydrogens (tertiary/aromatic N) is 2. The van der Waals surface area contributed by atoms with Crippen LogP contribution in [-0.4, -0.2) is 32.7 Å². The first-order valence-electron chi connectivity index (χ1n) is 6.28. The van der Waals surface area contributed by atoms with E-state index >= 15 is 0 Å². The van der Waals surface area contributed by atoms with E-state index in [1.165, 1.54) is 13.8 Å². The molecule has 2 aromatic rings. The van der Waals surface area contributed by atoms with Crippen LogP contribution in [0.5, 0.6) is 0 Å². The zero-order chi connectivity index (χ0) is 14.0. The van der Waals surface area contributed by atoms with Crippen molar-refractivity contribution < 1.29 is 9.90 Å². The second kappa shape index (κ2) is 5.01. The topological polar surface area (TPSA) is 67.2 Å². The fourth-order valence-corrected chi connectivity index (χ4v) is 1.87. The lowest BCUT2D eigenvalue weighted by Crippen LogP contribution is -2.42. The monoisotopic (exact) mass is 261 g/mol. The summed E-state index contributed by atoms with van der Waals surface area (Å²) in [5.74, 6) is -0.355. The molecule has 1 amide bonds. The minimum Gasteiger partial charge on any atom is -0.381 e. The number of carbonyl (C=O) groups is 1. The average molecular weight is 261 g/mol. The van der Waals surface area contributed by atoms with Crippen molar-refractivity contribution in [2.75, 3.05) is 6.54 Å². The van der Waals surface area contributed by atoms with Gasteiger partial charge in [0.25, 0.3) is 5.91 Å². The van der Waals surface area contributed by atoms with Crippen molar-refractivity contribution >= 4 is 16.9 Å². The first-order valence-corrected chi connectivity index (χ1v) is 6.28. The van der Waals surface area contributed by atoms with Crippen LogP contribution in [0.1, 0.15) is 19.4 Å². The summed E-state index contributed by atoms with van der Waals surface area (Å²) in [5, 5.41) is 12.2. The van der Waals surface area contributed by atoms with Crippen molar-refractivity contribution in [1.82, 2.24) is 14.9 Å². The zero-order valence-corrected chi connectivity index (χ0v) is 11.5. The van der Waals surface area contributed by atoms with Crippen LogP contribution in [0.2, 0.25) is 0 Å². The molecule has 2 N–H and O–H groups in total. The van der Waals surface area contributed by atoms with Gasteiger partial charge in [0.2, 0.25) is 0 Å². The predicted octanol–water partition coefficient (Wildman–Crippen LogP) is 1.00. The van der Waals surface area contributed by atoms with Crippen molar-refractivity contribution in [2.24, 2.45) is 7.05 Å². The van der Waals surface area contributed by atoms with Gasteiger partial charge in [0.1, 0.15) is 5.60 Å². The van der Waals surface area contributed by atoms with Gasteiger partial charge in [-0.15, -0.1) is 0 Å². The highest BCUT2D eigenvalue weighted by Crippen LogP contribution is 2.14. The minimum atomic E-state index is -1.33. The Morgan fingerprint density at radius 1 is 1.47 bits per heavy atom. The minimum absolute atomic E-state index is 0.355. The van der Waals surface area contributed by atoms with Crippen molar-refractivity contribution in [3.8, 4) is 0 Å². The number of aliphatic hydroxyl groups is 1. The van der Waals surface area contributed by atoms with Crippen molar-refractivity contribution in [3.05, 3.63) is 30.1 Å². The van der Waals surface area contributed by atoms with Crippen molar-refractivity contribution in [3.63, 3.8) is 0 Å². The Balaban J connectivity index is 1.97. The molecule has 102 valence electrons. The summed E-state index contributed by atoms with van der Waals surface area (Å²) in [6, 6.07) is 6.07. The van der Waals surface area contributed by atoms with E-state index in [1.807, 2.05) is 29.8 Å². The maximum Gasteiger partial charge on any atom is 0.251 e. The van der Waals surface area contributed by atoms with Crippen LogP contribution >= 0.6 is 0 Å². The third kappa shape index (κ3) is 3.12. The SMILES string of the molecule is Cn1cnc2cc(CCNC(=O)C(C)(C)O)ccc21. The summed E-state index contributed by atoms with van der Waals surface area (Å²) >= 11 is 0. The van der Waals surface area contributed by atoms with Gasteiger partial charge < -0.3 is 15.0 Å². The lowest BCUT2D eigenvalue weighted by molar-refractivity contribution is -0.136. The number of hydrogen-bond donors (Lipinski definition) is 2. The maximum atomic E-state index is 11.5.